The predicted molar refractivity (Wildman–Crippen MR) is 80.5 cm³/mol. The molecule has 1 atom stereocenters. The molecule has 4 rings (SSSR count). The van der Waals surface area contributed by atoms with Crippen molar-refractivity contribution in [3.05, 3.63) is 22.8 Å². The number of carbonyl (C=O) groups excluding carboxylic acids is 1. The summed E-state index contributed by atoms with van der Waals surface area (Å²) in [6, 6.07) is 2.12. The zero-order valence-electron chi connectivity index (χ0n) is 12.7. The van der Waals surface area contributed by atoms with Crippen LogP contribution in [-0.2, 0) is 28.8 Å². The third kappa shape index (κ3) is 2.43. The first kappa shape index (κ1) is 13.9. The Morgan fingerprint density at radius 1 is 1.23 bits per heavy atom. The molecular formula is C17H21NO4. The van der Waals surface area contributed by atoms with Crippen molar-refractivity contribution in [2.24, 2.45) is 0 Å². The quantitative estimate of drug-likeness (QED) is 0.913. The fourth-order valence-corrected chi connectivity index (χ4v) is 3.56. The largest absolute Gasteiger partial charge is 0.493 e. The van der Waals surface area contributed by atoms with Gasteiger partial charge in [0.25, 0.3) is 0 Å². The fraction of sp³-hybridized carbons (Fsp3) is 0.588. The number of rotatable bonds is 4. The number of carbonyl (C=O) groups is 1. The van der Waals surface area contributed by atoms with Gasteiger partial charge in [-0.3, -0.25) is 4.79 Å². The minimum absolute atomic E-state index is 0.0129. The highest BCUT2D eigenvalue weighted by Crippen LogP contribution is 2.40. The monoisotopic (exact) mass is 303 g/mol. The maximum Gasteiger partial charge on any atom is 0.249 e. The van der Waals surface area contributed by atoms with Crippen molar-refractivity contribution in [2.75, 3.05) is 26.4 Å². The molecule has 1 saturated heterocycles. The van der Waals surface area contributed by atoms with Crippen LogP contribution >= 0.6 is 0 Å². The molecule has 0 saturated carbocycles. The van der Waals surface area contributed by atoms with Gasteiger partial charge in [-0.2, -0.15) is 0 Å². The van der Waals surface area contributed by atoms with Gasteiger partial charge in [0.05, 0.1) is 13.2 Å². The standard InChI is InChI=1S/C17H21NO4/c19-17(14-2-1-7-20-14)18-6-3-13-12-5-9-21-15(12)10-11-4-8-22-16(11)13/h10,14H,1-9H2,(H,18,19). The SMILES string of the molecule is O=C(NCCc1c2c(cc3c1OCC3)OCC2)C1CCCO1. The second kappa shape index (κ2) is 5.80. The number of fused-ring (bicyclic) bond motifs is 2. The highest BCUT2D eigenvalue weighted by atomic mass is 16.5. The van der Waals surface area contributed by atoms with Gasteiger partial charge in [0.15, 0.2) is 0 Å². The Bertz CT molecular complexity index is 561. The van der Waals surface area contributed by atoms with Gasteiger partial charge in [0.1, 0.15) is 17.6 Å². The summed E-state index contributed by atoms with van der Waals surface area (Å²) in [5.74, 6) is 2.04. The van der Waals surface area contributed by atoms with Gasteiger partial charge in [0, 0.05) is 42.7 Å². The fourth-order valence-electron chi connectivity index (χ4n) is 3.56. The topological polar surface area (TPSA) is 56.8 Å². The van der Waals surface area contributed by atoms with Gasteiger partial charge in [0.2, 0.25) is 5.91 Å². The van der Waals surface area contributed by atoms with E-state index in [9.17, 15) is 4.79 Å². The van der Waals surface area contributed by atoms with Crippen molar-refractivity contribution < 1.29 is 19.0 Å². The molecular weight excluding hydrogens is 282 g/mol. The molecule has 3 aliphatic rings. The molecule has 1 unspecified atom stereocenters. The molecule has 118 valence electrons. The first-order chi connectivity index (χ1) is 10.8. The molecule has 3 aliphatic heterocycles. The lowest BCUT2D eigenvalue weighted by Gasteiger charge is -2.14. The molecule has 1 fully saturated rings. The maximum absolute atomic E-state index is 12.0. The molecule has 0 aliphatic carbocycles. The molecule has 1 amide bonds. The number of hydrogen-bond donors (Lipinski definition) is 1. The smallest absolute Gasteiger partial charge is 0.249 e. The van der Waals surface area contributed by atoms with Crippen LogP contribution in [-0.4, -0.2) is 38.4 Å². The molecule has 0 aromatic heterocycles. The number of amides is 1. The third-order valence-electron chi connectivity index (χ3n) is 4.66. The average Bonchev–Trinajstić information content (AvgIpc) is 3.26. The zero-order valence-corrected chi connectivity index (χ0v) is 12.7. The molecule has 3 heterocycles. The van der Waals surface area contributed by atoms with Gasteiger partial charge in [-0.1, -0.05) is 0 Å². The van der Waals surface area contributed by atoms with Crippen LogP contribution < -0.4 is 14.8 Å². The van der Waals surface area contributed by atoms with Gasteiger partial charge >= 0.3 is 0 Å². The van der Waals surface area contributed by atoms with Crippen molar-refractivity contribution in [1.29, 1.82) is 0 Å². The molecule has 5 nitrogen and oxygen atoms in total. The highest BCUT2D eigenvalue weighted by molar-refractivity contribution is 5.81. The molecule has 22 heavy (non-hydrogen) atoms. The lowest BCUT2D eigenvalue weighted by atomic mass is 9.97. The average molecular weight is 303 g/mol. The van der Waals surface area contributed by atoms with Crippen LogP contribution in [0.5, 0.6) is 11.5 Å². The first-order valence-electron chi connectivity index (χ1n) is 8.15. The van der Waals surface area contributed by atoms with E-state index in [0.29, 0.717) is 13.2 Å². The normalized spacial score (nSPS) is 21.9. The lowest BCUT2D eigenvalue weighted by Crippen LogP contribution is -2.35. The van der Waals surface area contributed by atoms with E-state index in [1.54, 1.807) is 0 Å². The Kier molecular flexibility index (Phi) is 3.66. The van der Waals surface area contributed by atoms with Crippen molar-refractivity contribution in [2.45, 2.75) is 38.2 Å². The second-order valence-corrected chi connectivity index (χ2v) is 6.06. The zero-order chi connectivity index (χ0) is 14.9. The first-order valence-corrected chi connectivity index (χ1v) is 8.15. The third-order valence-corrected chi connectivity index (χ3v) is 4.66. The van der Waals surface area contributed by atoms with Crippen LogP contribution in [0.4, 0.5) is 0 Å². The van der Waals surface area contributed by atoms with Gasteiger partial charge in [-0.05, 0) is 25.3 Å². The number of nitrogens with one attached hydrogen (secondary N) is 1. The molecule has 1 aromatic carbocycles. The Labute approximate surface area is 129 Å². The molecule has 0 radical (unpaired) electrons. The number of benzene rings is 1. The summed E-state index contributed by atoms with van der Waals surface area (Å²) in [4.78, 5) is 12.0. The van der Waals surface area contributed by atoms with E-state index in [1.807, 2.05) is 0 Å². The predicted octanol–water partition coefficient (Wildman–Crippen LogP) is 1.39. The van der Waals surface area contributed by atoms with E-state index < -0.39 is 0 Å². The molecule has 0 bridgehead atoms. The number of ether oxygens (including phenoxy) is 3. The minimum Gasteiger partial charge on any atom is -0.493 e. The van der Waals surface area contributed by atoms with E-state index in [1.165, 1.54) is 16.7 Å². The Morgan fingerprint density at radius 2 is 2.14 bits per heavy atom. The lowest BCUT2D eigenvalue weighted by molar-refractivity contribution is -0.129. The van der Waals surface area contributed by atoms with Gasteiger partial charge in [-0.15, -0.1) is 0 Å². The van der Waals surface area contributed by atoms with Crippen LogP contribution in [0.2, 0.25) is 0 Å². The maximum atomic E-state index is 12.0. The van der Waals surface area contributed by atoms with Crippen molar-refractivity contribution in [1.82, 2.24) is 5.32 Å². The summed E-state index contributed by atoms with van der Waals surface area (Å²) < 4.78 is 16.9. The molecule has 0 spiro atoms. The van der Waals surface area contributed by atoms with Crippen LogP contribution in [0.15, 0.2) is 6.07 Å². The Balaban J connectivity index is 1.45. The van der Waals surface area contributed by atoms with E-state index in [-0.39, 0.29) is 12.0 Å². The molecule has 1 N–H and O–H groups in total. The van der Waals surface area contributed by atoms with Crippen molar-refractivity contribution >= 4 is 5.91 Å². The molecule has 5 heteroatoms. The van der Waals surface area contributed by atoms with Crippen molar-refractivity contribution in [3.63, 3.8) is 0 Å². The van der Waals surface area contributed by atoms with Crippen LogP contribution in [0.3, 0.4) is 0 Å². The van der Waals surface area contributed by atoms with E-state index in [2.05, 4.69) is 11.4 Å². The minimum atomic E-state index is -0.258. The summed E-state index contributed by atoms with van der Waals surface area (Å²) in [5.41, 5.74) is 3.71. The second-order valence-electron chi connectivity index (χ2n) is 6.06. The Morgan fingerprint density at radius 3 is 3.00 bits per heavy atom. The van der Waals surface area contributed by atoms with Gasteiger partial charge in [-0.25, -0.2) is 0 Å². The summed E-state index contributed by atoms with van der Waals surface area (Å²) in [5, 5.41) is 3.00. The van der Waals surface area contributed by atoms with Gasteiger partial charge < -0.3 is 19.5 Å². The highest BCUT2D eigenvalue weighted by Gasteiger charge is 2.27. The van der Waals surface area contributed by atoms with Crippen LogP contribution in [0, 0.1) is 0 Å². The summed E-state index contributed by atoms with van der Waals surface area (Å²) in [7, 11) is 0. The Hall–Kier alpha value is -1.75. The summed E-state index contributed by atoms with van der Waals surface area (Å²) in [6.45, 7) is 2.80. The van der Waals surface area contributed by atoms with Crippen molar-refractivity contribution in [3.8, 4) is 11.5 Å². The van der Waals surface area contributed by atoms with Crippen LogP contribution in [0.25, 0.3) is 0 Å². The van der Waals surface area contributed by atoms with E-state index >= 15 is 0 Å². The molecule has 1 aromatic rings. The number of hydrogen-bond acceptors (Lipinski definition) is 4. The summed E-state index contributed by atoms with van der Waals surface area (Å²) in [6.07, 6.45) is 4.21. The van der Waals surface area contributed by atoms with E-state index in [4.69, 9.17) is 14.2 Å². The van der Waals surface area contributed by atoms with Crippen LogP contribution in [0.1, 0.15) is 29.5 Å². The summed E-state index contributed by atoms with van der Waals surface area (Å²) >= 11 is 0. The van der Waals surface area contributed by atoms with E-state index in [0.717, 1.165) is 56.8 Å².